The molecule has 1 aliphatic heterocycles. The Kier molecular flexibility index (Phi) is 16.1. The highest BCUT2D eigenvalue weighted by Crippen LogP contribution is 2.29. The van der Waals surface area contributed by atoms with Gasteiger partial charge in [-0.2, -0.15) is 0 Å². The van der Waals surface area contributed by atoms with Crippen LogP contribution in [0.15, 0.2) is 23.3 Å². The van der Waals surface area contributed by atoms with Crippen molar-refractivity contribution in [2.75, 3.05) is 51.5 Å². The molecule has 44 heavy (non-hydrogen) atoms. The first-order chi connectivity index (χ1) is 21.1. The number of hydrogen-bond donors (Lipinski definition) is 5. The van der Waals surface area contributed by atoms with Crippen LogP contribution in [0.25, 0.3) is 10.4 Å². The first-order valence-corrected chi connectivity index (χ1v) is 13.4. The van der Waals surface area contributed by atoms with E-state index in [2.05, 4.69) is 21.3 Å². The van der Waals surface area contributed by atoms with E-state index in [0.717, 1.165) is 0 Å². The summed E-state index contributed by atoms with van der Waals surface area (Å²) in [6.45, 7) is -0.357. The molecule has 242 valence electrons. The maximum absolute atomic E-state index is 13.9. The zero-order chi connectivity index (χ0) is 32.5. The zero-order valence-electron chi connectivity index (χ0n) is 23.6. The van der Waals surface area contributed by atoms with Crippen molar-refractivity contribution < 1.29 is 62.9 Å². The third-order valence-corrected chi connectivity index (χ3v) is 6.21. The van der Waals surface area contributed by atoms with Gasteiger partial charge in [0.15, 0.2) is 11.9 Å². The molecule has 1 aliphatic rings. The number of anilines is 1. The molecule has 5 N–H and O–H groups in total. The van der Waals surface area contributed by atoms with Gasteiger partial charge >= 0.3 is 5.97 Å². The van der Waals surface area contributed by atoms with Gasteiger partial charge in [0, 0.05) is 35.0 Å². The first-order valence-electron chi connectivity index (χ1n) is 13.4. The van der Waals surface area contributed by atoms with E-state index in [9.17, 15) is 39.2 Å². The van der Waals surface area contributed by atoms with E-state index in [0.29, 0.717) is 13.2 Å². The van der Waals surface area contributed by atoms with Crippen LogP contribution >= 0.6 is 0 Å². The van der Waals surface area contributed by atoms with Crippen molar-refractivity contribution in [3.63, 3.8) is 0 Å². The minimum atomic E-state index is -1.94. The van der Waals surface area contributed by atoms with Gasteiger partial charge in [0.1, 0.15) is 43.9 Å². The summed E-state index contributed by atoms with van der Waals surface area (Å²) in [5, 5.41) is 45.1. The van der Waals surface area contributed by atoms with Crippen LogP contribution in [-0.2, 0) is 40.0 Å². The van der Waals surface area contributed by atoms with Crippen LogP contribution in [0.1, 0.15) is 18.4 Å². The van der Waals surface area contributed by atoms with Crippen LogP contribution in [0, 0.1) is 18.3 Å². The molecule has 0 aromatic heterocycles. The Bertz CT molecular complexity index is 1190. The number of carboxylic acids is 1. The van der Waals surface area contributed by atoms with Gasteiger partial charge in [0.25, 0.3) is 0 Å². The van der Waals surface area contributed by atoms with Crippen LogP contribution in [-0.4, -0.2) is 115 Å². The molecule has 0 aliphatic carbocycles. The van der Waals surface area contributed by atoms with Crippen LogP contribution in [0.3, 0.4) is 0 Å². The molecule has 1 heterocycles. The topological polar surface area (TPSA) is 239 Å². The fraction of sp³-hybridized carbons (Fsp3) is 0.593. The second-order valence-electron chi connectivity index (χ2n) is 9.40. The van der Waals surface area contributed by atoms with Gasteiger partial charge in [0.05, 0.1) is 26.4 Å². The highest BCUT2D eigenvalue weighted by atomic mass is 19.1. The number of alkyl halides is 1. The number of rotatable bonds is 20. The quantitative estimate of drug-likeness (QED) is 0.0432. The largest absolute Gasteiger partial charge is 0.479 e. The van der Waals surface area contributed by atoms with Gasteiger partial charge < -0.3 is 49.4 Å². The highest BCUT2D eigenvalue weighted by molar-refractivity contribution is 5.95. The van der Waals surface area contributed by atoms with Crippen LogP contribution in [0.5, 0.6) is 5.75 Å². The number of ketones is 1. The summed E-state index contributed by atoms with van der Waals surface area (Å²) in [7, 11) is 0. The average Bonchev–Trinajstić information content (AvgIpc) is 3.00. The predicted octanol–water partition coefficient (Wildman–Crippen LogP) is 0.324. The number of terminal acetylenes is 1. The van der Waals surface area contributed by atoms with Crippen LogP contribution in [0.2, 0.25) is 0 Å². The number of aliphatic hydroxyl groups excluding tert-OH is 3. The number of benzene rings is 1. The molecule has 0 spiro atoms. The normalized spacial score (nSPS) is 21.8. The van der Waals surface area contributed by atoms with Gasteiger partial charge in [-0.25, -0.2) is 9.18 Å². The molecule has 1 amide bonds. The summed E-state index contributed by atoms with van der Waals surface area (Å²) in [6.07, 6.45) is -4.54. The lowest BCUT2D eigenvalue weighted by Crippen LogP contribution is -2.61. The Balaban J connectivity index is 1.98. The molecular formula is C27H35FN4O12. The fourth-order valence-electron chi connectivity index (χ4n) is 3.97. The molecule has 1 saturated heterocycles. The van der Waals surface area contributed by atoms with Gasteiger partial charge in [0.2, 0.25) is 12.2 Å². The third kappa shape index (κ3) is 11.7. The van der Waals surface area contributed by atoms with Crippen molar-refractivity contribution >= 4 is 23.3 Å². The second kappa shape index (κ2) is 19.4. The Morgan fingerprint density at radius 2 is 1.82 bits per heavy atom. The first kappa shape index (κ1) is 36.3. The number of hydrogen-bond acceptors (Lipinski definition) is 12. The Morgan fingerprint density at radius 3 is 2.48 bits per heavy atom. The summed E-state index contributed by atoms with van der Waals surface area (Å²) >= 11 is 0. The Morgan fingerprint density at radius 1 is 1.11 bits per heavy atom. The number of aliphatic carboxylic acids is 1. The number of carbonyl (C=O) groups excluding carboxylic acids is 2. The number of nitrogens with zero attached hydrogens (tertiary/aromatic N) is 3. The smallest absolute Gasteiger partial charge is 0.335 e. The molecule has 0 bridgehead atoms. The number of ether oxygens (including phenoxy) is 5. The molecule has 6 unspecified atom stereocenters. The lowest BCUT2D eigenvalue weighted by atomic mass is 9.97. The Hall–Kier alpha value is -3.85. The van der Waals surface area contributed by atoms with Gasteiger partial charge in [-0.3, -0.25) is 9.59 Å². The van der Waals surface area contributed by atoms with Crippen molar-refractivity contribution in [2.24, 2.45) is 11.0 Å². The fourth-order valence-corrected chi connectivity index (χ4v) is 3.97. The monoisotopic (exact) mass is 626 g/mol. The third-order valence-electron chi connectivity index (χ3n) is 6.21. The number of halogens is 1. The van der Waals surface area contributed by atoms with Crippen molar-refractivity contribution in [2.45, 2.75) is 50.2 Å². The summed E-state index contributed by atoms with van der Waals surface area (Å²) in [4.78, 5) is 39.4. The second-order valence-corrected chi connectivity index (χ2v) is 9.40. The van der Waals surface area contributed by atoms with Gasteiger partial charge in [-0.05, 0) is 30.2 Å². The van der Waals surface area contributed by atoms with E-state index in [4.69, 9.17) is 35.6 Å². The summed E-state index contributed by atoms with van der Waals surface area (Å²) < 4.78 is 40.0. The summed E-state index contributed by atoms with van der Waals surface area (Å²) in [5.41, 5.74) is 8.56. The lowest BCUT2D eigenvalue weighted by Gasteiger charge is -2.38. The summed E-state index contributed by atoms with van der Waals surface area (Å²) in [5.74, 6) is -1.42. The lowest BCUT2D eigenvalue weighted by molar-refractivity contribution is -0.271. The number of nitrogens with one attached hydrogen (secondary N) is 1. The maximum atomic E-state index is 13.9. The van der Waals surface area contributed by atoms with Crippen molar-refractivity contribution in [3.8, 4) is 18.1 Å². The molecule has 1 fully saturated rings. The van der Waals surface area contributed by atoms with E-state index < -0.39 is 61.0 Å². The molecule has 0 saturated carbocycles. The van der Waals surface area contributed by atoms with E-state index in [-0.39, 0.29) is 62.8 Å². The zero-order valence-corrected chi connectivity index (χ0v) is 23.6. The molecular weight excluding hydrogens is 591 g/mol. The summed E-state index contributed by atoms with van der Waals surface area (Å²) in [6, 6.07) is 3.73. The van der Waals surface area contributed by atoms with E-state index in [1.54, 1.807) is 0 Å². The number of azide groups is 1. The van der Waals surface area contributed by atoms with E-state index >= 15 is 0 Å². The van der Waals surface area contributed by atoms with Gasteiger partial charge in [-0.15, -0.1) is 6.42 Å². The van der Waals surface area contributed by atoms with Gasteiger partial charge in [-0.1, -0.05) is 11.0 Å². The van der Waals surface area contributed by atoms with Crippen molar-refractivity contribution in [3.05, 3.63) is 34.2 Å². The average molecular weight is 627 g/mol. The number of aliphatic hydroxyl groups is 3. The Labute approximate surface area is 251 Å². The molecule has 2 rings (SSSR count). The van der Waals surface area contributed by atoms with E-state index in [1.807, 2.05) is 0 Å². The molecule has 6 atom stereocenters. The maximum Gasteiger partial charge on any atom is 0.335 e. The van der Waals surface area contributed by atoms with Crippen LogP contribution in [0.4, 0.5) is 10.1 Å². The number of Topliss-reactive ketones (excluding diaryl/α,β-unsaturated/α-hetero) is 1. The molecule has 16 nitrogen and oxygen atoms in total. The van der Waals surface area contributed by atoms with Crippen LogP contribution < -0.4 is 10.1 Å². The van der Waals surface area contributed by atoms with Crippen molar-refractivity contribution in [1.29, 1.82) is 0 Å². The number of carboxylic acid groups (broad SMARTS) is 1. The van der Waals surface area contributed by atoms with Crippen molar-refractivity contribution in [1.82, 2.24) is 0 Å². The predicted molar refractivity (Wildman–Crippen MR) is 148 cm³/mol. The standard InChI is InChI=1S/C27H35FN4O12/c1-2-7-40-8-9-41-10-11-42-15-19(33)13-16(5-6-30-32-29)25(37)31-18-3-4-20(17(12-18)14-28)43-27-23(36)21(34)22(35)24(44-27)26(38)39/h1,3-4,12,16,21-24,27,34-36H,5-11,13-15H2,(H,31,37)(H,38,39). The molecule has 17 heteroatoms. The minimum Gasteiger partial charge on any atom is -0.479 e. The SMILES string of the molecule is C#CCOCCOCCOCC(=O)CC(CCN=[N+]=[N-])C(=O)Nc1ccc(OC2OC(C(=O)O)C(O)C(O)C2O)c(CF)c1. The molecule has 0 radical (unpaired) electrons. The molecule has 1 aromatic carbocycles. The minimum absolute atomic E-state index is 0.0371. The van der Waals surface area contributed by atoms with E-state index in [1.165, 1.54) is 18.2 Å². The highest BCUT2D eigenvalue weighted by Gasteiger charge is 2.48. The molecule has 1 aromatic rings. The number of amides is 1. The number of carbonyl (C=O) groups is 3.